The van der Waals surface area contributed by atoms with Gasteiger partial charge < -0.3 is 45.4 Å². The Balaban J connectivity index is 2.30. The summed E-state index contributed by atoms with van der Waals surface area (Å²) < 4.78 is 11.2. The lowest BCUT2D eigenvalue weighted by molar-refractivity contribution is -0.302. The van der Waals surface area contributed by atoms with E-state index in [1.165, 1.54) is 180 Å². The van der Waals surface area contributed by atoms with Gasteiger partial charge in [0.2, 0.25) is 5.91 Å². The fourth-order valence-corrected chi connectivity index (χ4v) is 8.40. The maximum absolute atomic E-state index is 13.1. The van der Waals surface area contributed by atoms with E-state index in [9.17, 15) is 35.4 Å². The maximum atomic E-state index is 13.1. The van der Waals surface area contributed by atoms with Crippen LogP contribution in [0.3, 0.4) is 0 Å². The molecule has 0 spiro atoms. The van der Waals surface area contributed by atoms with Crippen LogP contribution < -0.4 is 5.32 Å². The van der Waals surface area contributed by atoms with Gasteiger partial charge in [0.05, 0.1) is 25.4 Å². The fourth-order valence-electron chi connectivity index (χ4n) is 8.40. The van der Waals surface area contributed by atoms with Crippen molar-refractivity contribution in [2.45, 2.75) is 294 Å². The molecule has 1 fully saturated rings. The quantitative estimate of drug-likeness (QED) is 0.0296. The van der Waals surface area contributed by atoms with Gasteiger partial charge in [-0.25, -0.2) is 0 Å². The number of unbranched alkanes of at least 4 members (excludes halogenated alkanes) is 32. The second-order valence-corrected chi connectivity index (χ2v) is 18.1. The highest BCUT2D eigenvalue weighted by Crippen LogP contribution is 2.23. The lowest BCUT2D eigenvalue weighted by Gasteiger charge is -2.40. The summed E-state index contributed by atoms with van der Waals surface area (Å²) in [5.41, 5.74) is 0. The average molecular weight is 844 g/mol. The lowest BCUT2D eigenvalue weighted by Crippen LogP contribution is -2.60. The summed E-state index contributed by atoms with van der Waals surface area (Å²) in [5.74, 6) is -0.579. The summed E-state index contributed by atoms with van der Waals surface area (Å²) in [6.07, 6.45) is 34.4. The van der Waals surface area contributed by atoms with Gasteiger partial charge in [-0.15, -0.1) is 0 Å². The monoisotopic (exact) mass is 844 g/mol. The molecule has 10 nitrogen and oxygen atoms in total. The molecule has 8 atom stereocenters. The topological polar surface area (TPSA) is 169 Å². The number of aliphatic hydroxyl groups is 6. The molecule has 10 heteroatoms. The normalized spacial score (nSPS) is 21.1. The zero-order valence-corrected chi connectivity index (χ0v) is 38.4. The zero-order chi connectivity index (χ0) is 43.2. The molecule has 0 aliphatic carbocycles. The van der Waals surface area contributed by atoms with Crippen molar-refractivity contribution in [2.24, 2.45) is 0 Å². The Hall–Kier alpha value is -0.850. The molecule has 352 valence electrons. The van der Waals surface area contributed by atoms with Crippen molar-refractivity contribution in [2.75, 3.05) is 13.2 Å². The van der Waals surface area contributed by atoms with Gasteiger partial charge in [-0.2, -0.15) is 0 Å². The minimum atomic E-state index is -1.59. The Morgan fingerprint density at radius 1 is 0.508 bits per heavy atom. The SMILES string of the molecule is CCCCCCCCCCCCCCCCCCCCCCC(O)C(=O)NC(COC1OC(CO)C(O)C(O)C1O)C(O)CCCCCCCCCCCCCCCC. The van der Waals surface area contributed by atoms with Gasteiger partial charge in [0, 0.05) is 0 Å². The first kappa shape index (κ1) is 56.2. The molecule has 0 aromatic rings. The third-order valence-corrected chi connectivity index (χ3v) is 12.6. The van der Waals surface area contributed by atoms with E-state index in [2.05, 4.69) is 19.2 Å². The number of carbonyl (C=O) groups is 1. The van der Waals surface area contributed by atoms with Gasteiger partial charge in [0.25, 0.3) is 0 Å². The summed E-state index contributed by atoms with van der Waals surface area (Å²) in [6, 6.07) is -0.888. The lowest BCUT2D eigenvalue weighted by atomic mass is 9.99. The van der Waals surface area contributed by atoms with Crippen LogP contribution in [0.4, 0.5) is 0 Å². The smallest absolute Gasteiger partial charge is 0.249 e. The standard InChI is InChI=1S/C49H97NO9/c1-3-5-7-9-11-13-15-17-19-20-21-22-23-24-26-28-30-32-34-36-38-43(53)48(57)50-41(40-58-49-47(56)46(55)45(54)44(39-51)59-49)42(52)37-35-33-31-29-27-25-18-16-14-12-10-8-6-4-2/h41-47,49,51-56H,3-40H2,1-2H3,(H,50,57). The summed E-state index contributed by atoms with van der Waals surface area (Å²) in [6.45, 7) is 3.69. The van der Waals surface area contributed by atoms with Crippen LogP contribution in [0.25, 0.3) is 0 Å². The molecular formula is C49H97NO9. The van der Waals surface area contributed by atoms with Crippen molar-refractivity contribution in [1.82, 2.24) is 5.32 Å². The van der Waals surface area contributed by atoms with E-state index in [0.717, 1.165) is 38.5 Å². The van der Waals surface area contributed by atoms with Crippen molar-refractivity contribution in [3.8, 4) is 0 Å². The molecule has 1 aliphatic heterocycles. The number of hydrogen-bond acceptors (Lipinski definition) is 9. The van der Waals surface area contributed by atoms with Crippen LogP contribution in [0, 0.1) is 0 Å². The summed E-state index contributed by atoms with van der Waals surface area (Å²) in [5, 5.41) is 65.0. The van der Waals surface area contributed by atoms with Crippen molar-refractivity contribution in [3.63, 3.8) is 0 Å². The molecule has 1 amide bonds. The number of nitrogens with one attached hydrogen (secondary N) is 1. The molecule has 1 saturated heterocycles. The molecular weight excluding hydrogens is 747 g/mol. The van der Waals surface area contributed by atoms with Crippen molar-refractivity contribution < 1.29 is 44.9 Å². The van der Waals surface area contributed by atoms with Crippen molar-refractivity contribution in [3.05, 3.63) is 0 Å². The highest BCUT2D eigenvalue weighted by atomic mass is 16.7. The second kappa shape index (κ2) is 40.0. The van der Waals surface area contributed by atoms with E-state index in [4.69, 9.17) is 9.47 Å². The van der Waals surface area contributed by atoms with E-state index in [1.807, 2.05) is 0 Å². The Morgan fingerprint density at radius 3 is 1.20 bits per heavy atom. The number of aliphatic hydroxyl groups excluding tert-OH is 6. The Labute approximate surface area is 362 Å². The van der Waals surface area contributed by atoms with E-state index < -0.39 is 61.5 Å². The zero-order valence-electron chi connectivity index (χ0n) is 38.4. The molecule has 0 aromatic heterocycles. The molecule has 8 unspecified atom stereocenters. The summed E-state index contributed by atoms with van der Waals surface area (Å²) in [7, 11) is 0. The van der Waals surface area contributed by atoms with Gasteiger partial charge in [-0.1, -0.05) is 232 Å². The van der Waals surface area contributed by atoms with Crippen LogP contribution in [0.5, 0.6) is 0 Å². The highest BCUT2D eigenvalue weighted by Gasteiger charge is 2.44. The van der Waals surface area contributed by atoms with E-state index in [-0.39, 0.29) is 6.61 Å². The number of amides is 1. The molecule has 0 saturated carbocycles. The van der Waals surface area contributed by atoms with Crippen molar-refractivity contribution in [1.29, 1.82) is 0 Å². The van der Waals surface area contributed by atoms with Crippen LogP contribution in [-0.4, -0.2) is 98.7 Å². The van der Waals surface area contributed by atoms with Gasteiger partial charge in [0.1, 0.15) is 30.5 Å². The van der Waals surface area contributed by atoms with Crippen molar-refractivity contribution >= 4 is 5.91 Å². The Bertz CT molecular complexity index is 911. The highest BCUT2D eigenvalue weighted by molar-refractivity contribution is 5.80. The van der Waals surface area contributed by atoms with Crippen LogP contribution in [0.2, 0.25) is 0 Å². The average Bonchev–Trinajstić information content (AvgIpc) is 3.23. The third-order valence-electron chi connectivity index (χ3n) is 12.6. The molecule has 0 bridgehead atoms. The minimum absolute atomic E-state index is 0.250. The number of hydrogen-bond donors (Lipinski definition) is 7. The first-order chi connectivity index (χ1) is 28.8. The molecule has 0 aromatic carbocycles. The first-order valence-electron chi connectivity index (χ1n) is 25.3. The predicted molar refractivity (Wildman–Crippen MR) is 241 cm³/mol. The molecule has 1 aliphatic rings. The van der Waals surface area contributed by atoms with Gasteiger partial charge >= 0.3 is 0 Å². The largest absolute Gasteiger partial charge is 0.394 e. The second-order valence-electron chi connectivity index (χ2n) is 18.1. The number of carbonyl (C=O) groups excluding carboxylic acids is 1. The molecule has 7 N–H and O–H groups in total. The summed E-state index contributed by atoms with van der Waals surface area (Å²) in [4.78, 5) is 13.1. The van der Waals surface area contributed by atoms with Gasteiger partial charge in [-0.05, 0) is 12.8 Å². The van der Waals surface area contributed by atoms with Crippen LogP contribution >= 0.6 is 0 Å². The van der Waals surface area contributed by atoms with E-state index >= 15 is 0 Å². The number of rotatable bonds is 43. The minimum Gasteiger partial charge on any atom is -0.394 e. The molecule has 1 rings (SSSR count). The van der Waals surface area contributed by atoms with Gasteiger partial charge in [-0.3, -0.25) is 4.79 Å². The fraction of sp³-hybridized carbons (Fsp3) is 0.980. The third kappa shape index (κ3) is 30.0. The number of ether oxygens (including phenoxy) is 2. The molecule has 59 heavy (non-hydrogen) atoms. The van der Waals surface area contributed by atoms with Crippen LogP contribution in [-0.2, 0) is 14.3 Å². The molecule has 0 radical (unpaired) electrons. The maximum Gasteiger partial charge on any atom is 0.249 e. The Morgan fingerprint density at radius 2 is 0.847 bits per heavy atom. The van der Waals surface area contributed by atoms with E-state index in [0.29, 0.717) is 12.8 Å². The van der Waals surface area contributed by atoms with E-state index in [1.54, 1.807) is 0 Å². The first-order valence-corrected chi connectivity index (χ1v) is 25.3. The van der Waals surface area contributed by atoms with Crippen LogP contribution in [0.1, 0.15) is 245 Å². The predicted octanol–water partition coefficient (Wildman–Crippen LogP) is 10.1. The molecule has 1 heterocycles. The van der Waals surface area contributed by atoms with Gasteiger partial charge in [0.15, 0.2) is 6.29 Å². The van der Waals surface area contributed by atoms with Crippen LogP contribution in [0.15, 0.2) is 0 Å². The summed E-state index contributed by atoms with van der Waals surface area (Å²) >= 11 is 0. The Kier molecular flexibility index (Phi) is 38.0.